The quantitative estimate of drug-likeness (QED) is 0.786. The Bertz CT molecular complexity index is 388. The Morgan fingerprint density at radius 3 is 2.71 bits per heavy atom. The highest BCUT2D eigenvalue weighted by molar-refractivity contribution is 5.94. The first kappa shape index (κ1) is 11.9. The lowest BCUT2D eigenvalue weighted by atomic mass is 10.1. The normalized spacial score (nSPS) is 20.1. The largest absolute Gasteiger partial charge is 0.497 e. The van der Waals surface area contributed by atoms with Crippen LogP contribution in [0.5, 0.6) is 5.75 Å². The number of nitrogens with zero attached hydrogens (tertiary/aromatic N) is 1. The van der Waals surface area contributed by atoms with Crippen LogP contribution < -0.4 is 4.74 Å². The van der Waals surface area contributed by atoms with Crippen molar-refractivity contribution < 1.29 is 14.3 Å². The lowest BCUT2D eigenvalue weighted by Crippen LogP contribution is -2.44. The van der Waals surface area contributed by atoms with Gasteiger partial charge in [0.2, 0.25) is 0 Å². The molecule has 1 aliphatic heterocycles. The fourth-order valence-corrected chi connectivity index (χ4v) is 1.93. The van der Waals surface area contributed by atoms with Crippen LogP contribution in [-0.4, -0.2) is 37.3 Å². The van der Waals surface area contributed by atoms with Crippen LogP contribution in [0.25, 0.3) is 0 Å². The van der Waals surface area contributed by atoms with Crippen LogP contribution in [0.4, 0.5) is 0 Å². The van der Waals surface area contributed by atoms with E-state index in [9.17, 15) is 4.79 Å². The second-order valence-corrected chi connectivity index (χ2v) is 4.05. The third kappa shape index (κ3) is 2.58. The van der Waals surface area contributed by atoms with Gasteiger partial charge in [0.25, 0.3) is 5.91 Å². The maximum absolute atomic E-state index is 12.2. The molecule has 92 valence electrons. The van der Waals surface area contributed by atoms with E-state index in [1.54, 1.807) is 36.3 Å². The second-order valence-electron chi connectivity index (χ2n) is 4.05. The number of hydrogen-bond donors (Lipinski definition) is 0. The minimum absolute atomic E-state index is 0.0138. The molecule has 0 bridgehead atoms. The first-order chi connectivity index (χ1) is 8.22. The number of hydrogen-bond acceptors (Lipinski definition) is 3. The summed E-state index contributed by atoms with van der Waals surface area (Å²) < 4.78 is 10.5. The average Bonchev–Trinajstić information content (AvgIpc) is 2.39. The molecule has 1 atom stereocenters. The zero-order valence-electron chi connectivity index (χ0n) is 10.2. The maximum atomic E-state index is 12.2. The molecule has 1 saturated heterocycles. The monoisotopic (exact) mass is 235 g/mol. The minimum atomic E-state index is -0.140. The van der Waals surface area contributed by atoms with Gasteiger partial charge in [0.1, 0.15) is 12.0 Å². The van der Waals surface area contributed by atoms with Crippen LogP contribution >= 0.6 is 0 Å². The second kappa shape index (κ2) is 5.19. The molecule has 0 saturated carbocycles. The average molecular weight is 235 g/mol. The van der Waals surface area contributed by atoms with Gasteiger partial charge in [-0.25, -0.2) is 0 Å². The Morgan fingerprint density at radius 1 is 1.41 bits per heavy atom. The third-order valence-electron chi connectivity index (χ3n) is 2.94. The van der Waals surface area contributed by atoms with Crippen molar-refractivity contribution in [3.63, 3.8) is 0 Å². The van der Waals surface area contributed by atoms with Gasteiger partial charge in [0.15, 0.2) is 0 Å². The fourth-order valence-electron chi connectivity index (χ4n) is 1.93. The topological polar surface area (TPSA) is 38.8 Å². The summed E-state index contributed by atoms with van der Waals surface area (Å²) in [5, 5.41) is 0. The first-order valence-corrected chi connectivity index (χ1v) is 5.79. The summed E-state index contributed by atoms with van der Waals surface area (Å²) >= 11 is 0. The van der Waals surface area contributed by atoms with Gasteiger partial charge >= 0.3 is 0 Å². The highest BCUT2D eigenvalue weighted by Gasteiger charge is 2.24. The van der Waals surface area contributed by atoms with Crippen molar-refractivity contribution in [3.05, 3.63) is 29.8 Å². The van der Waals surface area contributed by atoms with E-state index in [4.69, 9.17) is 9.47 Å². The number of rotatable bonds is 2. The van der Waals surface area contributed by atoms with Crippen molar-refractivity contribution in [1.29, 1.82) is 0 Å². The van der Waals surface area contributed by atoms with E-state index in [0.29, 0.717) is 5.56 Å². The van der Waals surface area contributed by atoms with E-state index < -0.39 is 0 Å². The van der Waals surface area contributed by atoms with Crippen molar-refractivity contribution >= 4 is 5.91 Å². The standard InChI is InChI=1S/C13H17NO3/c1-10-14(8-3-9-17-10)13(15)11-4-6-12(16-2)7-5-11/h4-7,10H,3,8-9H2,1-2H3. The number of methoxy groups -OCH3 is 1. The molecule has 1 aromatic rings. The summed E-state index contributed by atoms with van der Waals surface area (Å²) in [4.78, 5) is 14.0. The minimum Gasteiger partial charge on any atom is -0.497 e. The summed E-state index contributed by atoms with van der Waals surface area (Å²) in [6.45, 7) is 3.39. The summed E-state index contributed by atoms with van der Waals surface area (Å²) in [6, 6.07) is 7.15. The highest BCUT2D eigenvalue weighted by atomic mass is 16.5. The van der Waals surface area contributed by atoms with Gasteiger partial charge in [0.05, 0.1) is 13.7 Å². The number of ether oxygens (including phenoxy) is 2. The SMILES string of the molecule is COc1ccc(C(=O)N2CCCOC2C)cc1. The lowest BCUT2D eigenvalue weighted by Gasteiger charge is -2.33. The molecule has 0 spiro atoms. The van der Waals surface area contributed by atoms with E-state index in [1.165, 1.54) is 0 Å². The van der Waals surface area contributed by atoms with Crippen LogP contribution in [0.1, 0.15) is 23.7 Å². The van der Waals surface area contributed by atoms with Gasteiger partial charge < -0.3 is 14.4 Å². The molecule has 1 heterocycles. The van der Waals surface area contributed by atoms with Crippen molar-refractivity contribution in [2.75, 3.05) is 20.3 Å². The Labute approximate surface area is 101 Å². The summed E-state index contributed by atoms with van der Waals surface area (Å²) in [5.74, 6) is 0.768. The summed E-state index contributed by atoms with van der Waals surface area (Å²) in [5.41, 5.74) is 0.670. The predicted molar refractivity (Wildman–Crippen MR) is 64.1 cm³/mol. The molecular formula is C13H17NO3. The number of amides is 1. The molecule has 4 nitrogen and oxygen atoms in total. The number of carbonyl (C=O) groups is 1. The van der Waals surface area contributed by atoms with E-state index in [-0.39, 0.29) is 12.1 Å². The molecule has 0 radical (unpaired) electrons. The van der Waals surface area contributed by atoms with E-state index in [1.807, 2.05) is 6.92 Å². The van der Waals surface area contributed by atoms with Crippen LogP contribution in [-0.2, 0) is 4.74 Å². The van der Waals surface area contributed by atoms with Gasteiger partial charge in [-0.1, -0.05) is 0 Å². The molecule has 1 aromatic carbocycles. The van der Waals surface area contributed by atoms with Crippen molar-refractivity contribution in [2.45, 2.75) is 19.6 Å². The Morgan fingerprint density at radius 2 is 2.12 bits per heavy atom. The molecule has 1 amide bonds. The Balaban J connectivity index is 2.12. The lowest BCUT2D eigenvalue weighted by molar-refractivity contribution is -0.0661. The predicted octanol–water partition coefficient (Wildman–Crippen LogP) is 1.90. The molecule has 1 aliphatic rings. The van der Waals surface area contributed by atoms with Crippen LogP contribution in [0.15, 0.2) is 24.3 Å². The zero-order valence-corrected chi connectivity index (χ0v) is 10.2. The molecule has 1 unspecified atom stereocenters. The summed E-state index contributed by atoms with van der Waals surface area (Å²) in [7, 11) is 1.61. The number of benzene rings is 1. The zero-order chi connectivity index (χ0) is 12.3. The molecule has 1 fully saturated rings. The van der Waals surface area contributed by atoms with E-state index in [2.05, 4.69) is 0 Å². The Hall–Kier alpha value is -1.55. The smallest absolute Gasteiger partial charge is 0.255 e. The molecule has 17 heavy (non-hydrogen) atoms. The van der Waals surface area contributed by atoms with Gasteiger partial charge in [-0.3, -0.25) is 4.79 Å². The van der Waals surface area contributed by atoms with Gasteiger partial charge in [-0.15, -0.1) is 0 Å². The Kier molecular flexibility index (Phi) is 3.64. The molecular weight excluding hydrogens is 218 g/mol. The van der Waals surface area contributed by atoms with Crippen LogP contribution in [0, 0.1) is 0 Å². The fraction of sp³-hybridized carbons (Fsp3) is 0.462. The highest BCUT2D eigenvalue weighted by Crippen LogP contribution is 2.17. The molecule has 0 N–H and O–H groups in total. The number of carbonyl (C=O) groups excluding carboxylic acids is 1. The molecule has 4 heteroatoms. The van der Waals surface area contributed by atoms with E-state index >= 15 is 0 Å². The van der Waals surface area contributed by atoms with Gasteiger partial charge in [0, 0.05) is 12.1 Å². The molecule has 0 aliphatic carbocycles. The van der Waals surface area contributed by atoms with Gasteiger partial charge in [-0.2, -0.15) is 0 Å². The van der Waals surface area contributed by atoms with Crippen molar-refractivity contribution in [1.82, 2.24) is 4.90 Å². The van der Waals surface area contributed by atoms with Gasteiger partial charge in [-0.05, 0) is 37.6 Å². The first-order valence-electron chi connectivity index (χ1n) is 5.79. The van der Waals surface area contributed by atoms with Crippen LogP contribution in [0.2, 0.25) is 0 Å². The van der Waals surface area contributed by atoms with Crippen molar-refractivity contribution in [2.24, 2.45) is 0 Å². The summed E-state index contributed by atoms with van der Waals surface area (Å²) in [6.07, 6.45) is 0.755. The molecule has 2 rings (SSSR count). The van der Waals surface area contributed by atoms with Crippen LogP contribution in [0.3, 0.4) is 0 Å². The van der Waals surface area contributed by atoms with Crippen molar-refractivity contribution in [3.8, 4) is 5.75 Å². The third-order valence-corrected chi connectivity index (χ3v) is 2.94. The molecule has 0 aromatic heterocycles. The van der Waals surface area contributed by atoms with E-state index in [0.717, 1.165) is 25.3 Å². The maximum Gasteiger partial charge on any atom is 0.255 e.